The monoisotopic (exact) mass is 315 g/mol. The molecule has 2 nitrogen and oxygen atoms in total. The number of hydrogen-bond donors (Lipinski definition) is 1. The summed E-state index contributed by atoms with van der Waals surface area (Å²) in [6.07, 6.45) is 0. The van der Waals surface area contributed by atoms with E-state index in [0.29, 0.717) is 16.0 Å². The fourth-order valence-corrected chi connectivity index (χ4v) is 2.24. The van der Waals surface area contributed by atoms with Gasteiger partial charge in [0.15, 0.2) is 0 Å². The van der Waals surface area contributed by atoms with Crippen molar-refractivity contribution in [3.05, 3.63) is 46.1 Å². The SMILES string of the molecule is CNC(C)c1ccc(-c2c(F)cc(F)cc2Br)o1. The van der Waals surface area contributed by atoms with E-state index in [-0.39, 0.29) is 11.6 Å². The Morgan fingerprint density at radius 3 is 2.61 bits per heavy atom. The zero-order valence-corrected chi connectivity index (χ0v) is 11.5. The smallest absolute Gasteiger partial charge is 0.138 e. The summed E-state index contributed by atoms with van der Waals surface area (Å²) in [5.74, 6) is -0.210. The highest BCUT2D eigenvalue weighted by Crippen LogP contribution is 2.34. The van der Waals surface area contributed by atoms with Crippen LogP contribution >= 0.6 is 15.9 Å². The van der Waals surface area contributed by atoms with Crippen LogP contribution in [0, 0.1) is 11.6 Å². The van der Waals surface area contributed by atoms with Gasteiger partial charge in [-0.05, 0) is 48.1 Å². The topological polar surface area (TPSA) is 25.2 Å². The largest absolute Gasteiger partial charge is 0.459 e. The van der Waals surface area contributed by atoms with Gasteiger partial charge in [0.25, 0.3) is 0 Å². The number of furan rings is 1. The lowest BCUT2D eigenvalue weighted by Crippen LogP contribution is -2.11. The molecule has 1 unspecified atom stereocenters. The molecule has 0 spiro atoms. The predicted molar refractivity (Wildman–Crippen MR) is 69.2 cm³/mol. The quantitative estimate of drug-likeness (QED) is 0.915. The highest BCUT2D eigenvalue weighted by molar-refractivity contribution is 9.10. The third-order valence-corrected chi connectivity index (χ3v) is 3.37. The molecule has 1 heterocycles. The minimum absolute atomic E-state index is 0.0287. The van der Waals surface area contributed by atoms with Crippen LogP contribution in [0.5, 0.6) is 0 Å². The third-order valence-electron chi connectivity index (χ3n) is 2.74. The maximum Gasteiger partial charge on any atom is 0.138 e. The third kappa shape index (κ3) is 2.47. The minimum atomic E-state index is -0.653. The molecule has 0 aliphatic carbocycles. The van der Waals surface area contributed by atoms with E-state index in [9.17, 15) is 8.78 Å². The maximum atomic E-state index is 13.7. The van der Waals surface area contributed by atoms with Crippen LogP contribution in [0.4, 0.5) is 8.78 Å². The van der Waals surface area contributed by atoms with Gasteiger partial charge in [0, 0.05) is 10.5 Å². The predicted octanol–water partition coefficient (Wildman–Crippen LogP) is 4.27. The molecule has 0 aliphatic rings. The first-order valence-corrected chi connectivity index (χ1v) is 6.24. The van der Waals surface area contributed by atoms with E-state index in [0.717, 1.165) is 6.07 Å². The summed E-state index contributed by atoms with van der Waals surface area (Å²) in [5, 5.41) is 3.03. The molecule has 0 bridgehead atoms. The molecule has 0 amide bonds. The van der Waals surface area contributed by atoms with Crippen LogP contribution in [0.1, 0.15) is 18.7 Å². The van der Waals surface area contributed by atoms with Gasteiger partial charge in [0.2, 0.25) is 0 Å². The van der Waals surface area contributed by atoms with Crippen LogP contribution in [0.3, 0.4) is 0 Å². The molecular weight excluding hydrogens is 304 g/mol. The Bertz CT molecular complexity index is 545. The summed E-state index contributed by atoms with van der Waals surface area (Å²) in [6, 6.07) is 5.52. The number of hydrogen-bond acceptors (Lipinski definition) is 2. The molecule has 5 heteroatoms. The van der Waals surface area contributed by atoms with Gasteiger partial charge in [-0.1, -0.05) is 0 Å². The fraction of sp³-hybridized carbons (Fsp3) is 0.231. The highest BCUT2D eigenvalue weighted by Gasteiger charge is 2.16. The standard InChI is InChI=1S/C13H12BrF2NO/c1-7(17-2)11-3-4-12(18-11)13-9(14)5-8(15)6-10(13)16/h3-7,17H,1-2H3. The minimum Gasteiger partial charge on any atom is -0.459 e. The molecule has 1 N–H and O–H groups in total. The zero-order chi connectivity index (χ0) is 13.3. The normalized spacial score (nSPS) is 12.7. The van der Waals surface area contributed by atoms with E-state index in [1.165, 1.54) is 6.07 Å². The van der Waals surface area contributed by atoms with Gasteiger partial charge in [-0.3, -0.25) is 0 Å². The molecule has 0 radical (unpaired) electrons. The number of nitrogens with one attached hydrogen (secondary N) is 1. The molecule has 1 aromatic carbocycles. The second-order valence-electron chi connectivity index (χ2n) is 3.96. The van der Waals surface area contributed by atoms with Gasteiger partial charge in [-0.25, -0.2) is 8.78 Å². The van der Waals surface area contributed by atoms with Gasteiger partial charge >= 0.3 is 0 Å². The van der Waals surface area contributed by atoms with Crippen LogP contribution in [0.2, 0.25) is 0 Å². The van der Waals surface area contributed by atoms with E-state index >= 15 is 0 Å². The molecule has 0 aliphatic heterocycles. The first-order chi connectivity index (χ1) is 8.52. The Labute approximate surface area is 112 Å². The Kier molecular flexibility index (Phi) is 3.82. The van der Waals surface area contributed by atoms with E-state index < -0.39 is 11.6 Å². The lowest BCUT2D eigenvalue weighted by atomic mass is 10.1. The molecule has 0 saturated heterocycles. The van der Waals surface area contributed by atoms with Gasteiger partial charge in [0.1, 0.15) is 23.2 Å². The molecule has 1 atom stereocenters. The first-order valence-electron chi connectivity index (χ1n) is 5.45. The Balaban J connectivity index is 2.46. The van der Waals surface area contributed by atoms with Crippen LogP contribution in [0.15, 0.2) is 33.2 Å². The van der Waals surface area contributed by atoms with Crippen molar-refractivity contribution in [3.63, 3.8) is 0 Å². The summed E-state index contributed by atoms with van der Waals surface area (Å²) in [6.45, 7) is 1.93. The first kappa shape index (κ1) is 13.2. The molecule has 2 aromatic rings. The van der Waals surface area contributed by atoms with E-state index in [2.05, 4.69) is 21.2 Å². The van der Waals surface area contributed by atoms with Gasteiger partial charge in [-0.15, -0.1) is 0 Å². The molecule has 0 saturated carbocycles. The summed E-state index contributed by atoms with van der Waals surface area (Å²) in [4.78, 5) is 0. The summed E-state index contributed by atoms with van der Waals surface area (Å²) in [5.41, 5.74) is 0.228. The molecular formula is C13H12BrF2NO. The van der Waals surface area contributed by atoms with Crippen molar-refractivity contribution >= 4 is 15.9 Å². The van der Waals surface area contributed by atoms with Crippen molar-refractivity contribution in [2.24, 2.45) is 0 Å². The number of rotatable bonds is 3. The van der Waals surface area contributed by atoms with Crippen molar-refractivity contribution in [2.75, 3.05) is 7.05 Å². The van der Waals surface area contributed by atoms with Crippen molar-refractivity contribution < 1.29 is 13.2 Å². The average Bonchev–Trinajstić information content (AvgIpc) is 2.76. The van der Waals surface area contributed by atoms with Crippen molar-refractivity contribution in [1.82, 2.24) is 5.32 Å². The van der Waals surface area contributed by atoms with Crippen molar-refractivity contribution in [1.29, 1.82) is 0 Å². The van der Waals surface area contributed by atoms with Crippen LogP contribution in [0.25, 0.3) is 11.3 Å². The Hall–Kier alpha value is -1.20. The second kappa shape index (κ2) is 5.20. The lowest BCUT2D eigenvalue weighted by molar-refractivity contribution is 0.456. The molecule has 96 valence electrons. The van der Waals surface area contributed by atoms with E-state index in [1.807, 2.05) is 6.92 Å². The second-order valence-corrected chi connectivity index (χ2v) is 4.81. The molecule has 18 heavy (non-hydrogen) atoms. The molecule has 1 aromatic heterocycles. The van der Waals surface area contributed by atoms with Crippen LogP contribution in [-0.4, -0.2) is 7.05 Å². The van der Waals surface area contributed by atoms with Crippen molar-refractivity contribution in [3.8, 4) is 11.3 Å². The summed E-state index contributed by atoms with van der Waals surface area (Å²) in [7, 11) is 1.81. The molecule has 2 rings (SSSR count). The lowest BCUT2D eigenvalue weighted by Gasteiger charge is -2.07. The average molecular weight is 316 g/mol. The molecule has 0 fully saturated rings. The van der Waals surface area contributed by atoms with E-state index in [1.54, 1.807) is 19.2 Å². The van der Waals surface area contributed by atoms with Crippen molar-refractivity contribution in [2.45, 2.75) is 13.0 Å². The van der Waals surface area contributed by atoms with Gasteiger partial charge < -0.3 is 9.73 Å². The van der Waals surface area contributed by atoms with Crippen LogP contribution in [-0.2, 0) is 0 Å². The van der Waals surface area contributed by atoms with Crippen LogP contribution < -0.4 is 5.32 Å². The maximum absolute atomic E-state index is 13.7. The number of halogens is 3. The highest BCUT2D eigenvalue weighted by atomic mass is 79.9. The van der Waals surface area contributed by atoms with Gasteiger partial charge in [0.05, 0.1) is 11.6 Å². The fourth-order valence-electron chi connectivity index (χ4n) is 1.64. The Morgan fingerprint density at radius 1 is 1.28 bits per heavy atom. The van der Waals surface area contributed by atoms with Gasteiger partial charge in [-0.2, -0.15) is 0 Å². The summed E-state index contributed by atoms with van der Waals surface area (Å²) >= 11 is 3.14. The summed E-state index contributed by atoms with van der Waals surface area (Å²) < 4.78 is 32.6. The zero-order valence-electron chi connectivity index (χ0n) is 9.93. The number of benzene rings is 1. The van der Waals surface area contributed by atoms with E-state index in [4.69, 9.17) is 4.42 Å². The Morgan fingerprint density at radius 2 is 2.00 bits per heavy atom.